The number of aromatic nitrogens is 6. The number of nitrogens with one attached hydrogen (secondary N) is 1. The second kappa shape index (κ2) is 11.6. The molecule has 8 heteroatoms. The maximum absolute atomic E-state index is 14.3. The van der Waals surface area contributed by atoms with Crippen LogP contribution >= 0.6 is 0 Å². The van der Waals surface area contributed by atoms with Crippen LogP contribution in [0.3, 0.4) is 0 Å². The van der Waals surface area contributed by atoms with Crippen LogP contribution in [0.1, 0.15) is 89.4 Å². The molecule has 3 heterocycles. The van der Waals surface area contributed by atoms with Crippen LogP contribution in [0.25, 0.3) is 11.4 Å². The third kappa shape index (κ3) is 5.31. The molecular formula is C30H41N7O. The van der Waals surface area contributed by atoms with E-state index in [9.17, 15) is 4.79 Å². The molecule has 3 aromatic rings. The third-order valence-corrected chi connectivity index (χ3v) is 8.64. The van der Waals surface area contributed by atoms with Crippen LogP contribution in [0.4, 0.5) is 0 Å². The minimum atomic E-state index is -0.390. The molecule has 0 saturated heterocycles. The first-order chi connectivity index (χ1) is 18.5. The molecule has 1 aliphatic carbocycles. The minimum Gasteiger partial charge on any atom is -0.296 e. The number of imidazole rings is 1. The van der Waals surface area contributed by atoms with Gasteiger partial charge in [0.25, 0.3) is 0 Å². The van der Waals surface area contributed by atoms with E-state index in [0.29, 0.717) is 24.2 Å². The molecular weight excluding hydrogens is 474 g/mol. The largest absolute Gasteiger partial charge is 0.328 e. The molecule has 0 radical (unpaired) electrons. The number of tetrazole rings is 1. The van der Waals surface area contributed by atoms with E-state index in [4.69, 9.17) is 0 Å². The number of aliphatic imine (C=N–C) groups is 1. The molecule has 2 aromatic heterocycles. The molecule has 0 spiro atoms. The van der Waals surface area contributed by atoms with E-state index in [-0.39, 0.29) is 17.1 Å². The van der Waals surface area contributed by atoms with Gasteiger partial charge in [-0.1, -0.05) is 70.7 Å². The van der Waals surface area contributed by atoms with Crippen molar-refractivity contribution in [3.63, 3.8) is 0 Å². The van der Waals surface area contributed by atoms with Crippen molar-refractivity contribution in [1.82, 2.24) is 29.8 Å². The maximum Gasteiger partial charge on any atom is 0.328 e. The molecule has 5 rings (SSSR count). The van der Waals surface area contributed by atoms with Crippen LogP contribution in [-0.2, 0) is 18.4 Å². The highest BCUT2D eigenvalue weighted by Crippen LogP contribution is 2.38. The van der Waals surface area contributed by atoms with Gasteiger partial charge in [-0.25, -0.2) is 4.79 Å². The van der Waals surface area contributed by atoms with Crippen LogP contribution in [0.5, 0.6) is 0 Å². The number of aromatic amines is 1. The van der Waals surface area contributed by atoms with Gasteiger partial charge >= 0.3 is 5.69 Å². The van der Waals surface area contributed by atoms with Crippen molar-refractivity contribution in [3.05, 3.63) is 64.5 Å². The van der Waals surface area contributed by atoms with Gasteiger partial charge in [-0.15, -0.1) is 10.2 Å². The number of aryl methyl sites for hydroxylation is 1. The van der Waals surface area contributed by atoms with Gasteiger partial charge in [0.05, 0.1) is 0 Å². The Morgan fingerprint density at radius 1 is 1.18 bits per heavy atom. The number of benzene rings is 1. The Morgan fingerprint density at radius 3 is 2.79 bits per heavy atom. The summed E-state index contributed by atoms with van der Waals surface area (Å²) in [6.45, 7) is 7.43. The summed E-state index contributed by atoms with van der Waals surface area (Å²) in [7, 11) is 0. The predicted octanol–water partition coefficient (Wildman–Crippen LogP) is 5.88. The smallest absolute Gasteiger partial charge is 0.296 e. The summed E-state index contributed by atoms with van der Waals surface area (Å²) < 4.78 is 4.19. The molecule has 0 bridgehead atoms. The highest BCUT2D eigenvalue weighted by atomic mass is 16.1. The van der Waals surface area contributed by atoms with Crippen molar-refractivity contribution < 1.29 is 0 Å². The number of H-pyrrole nitrogens is 1. The Labute approximate surface area is 225 Å². The van der Waals surface area contributed by atoms with E-state index < -0.39 is 0 Å². The first-order valence-electron chi connectivity index (χ1n) is 14.4. The molecule has 0 amide bonds. The van der Waals surface area contributed by atoms with Gasteiger partial charge in [0.1, 0.15) is 0 Å². The molecule has 38 heavy (non-hydrogen) atoms. The first kappa shape index (κ1) is 26.3. The van der Waals surface area contributed by atoms with Gasteiger partial charge in [-0.2, -0.15) is 5.21 Å². The van der Waals surface area contributed by atoms with Crippen molar-refractivity contribution in [2.24, 2.45) is 16.8 Å². The van der Waals surface area contributed by atoms with Crippen molar-refractivity contribution in [1.29, 1.82) is 0 Å². The third-order valence-electron chi connectivity index (χ3n) is 8.64. The van der Waals surface area contributed by atoms with Crippen molar-refractivity contribution >= 4 is 6.21 Å². The zero-order valence-corrected chi connectivity index (χ0v) is 23.0. The Morgan fingerprint density at radius 2 is 2.05 bits per heavy atom. The van der Waals surface area contributed by atoms with Gasteiger partial charge in [-0.3, -0.25) is 14.1 Å². The lowest BCUT2D eigenvalue weighted by atomic mass is 9.76. The van der Waals surface area contributed by atoms with Crippen molar-refractivity contribution in [2.45, 2.75) is 96.6 Å². The Hall–Kier alpha value is -3.29. The van der Waals surface area contributed by atoms with E-state index in [1.165, 1.54) is 25.7 Å². The lowest BCUT2D eigenvalue weighted by Crippen LogP contribution is -2.38. The lowest BCUT2D eigenvalue weighted by Gasteiger charge is -2.32. The summed E-state index contributed by atoms with van der Waals surface area (Å²) in [6, 6.07) is 8.57. The standard InChI is InChI=1S/C30H41N7O/c1-4-5-12-25-20-36(27-14-8-6-7-13-26(27)22(2)3)29(38)37(25)21-30(15-17-31-18-16-30)24-11-9-10-23(19-24)28-32-34-35-33-28/h9-11,15,17-20,22,26-27H,4-8,12-14,16,21H2,1-3H3,(H,32,33,34,35). The number of unbranched alkanes of at least 4 members (excludes halogenated alkanes) is 1. The van der Waals surface area contributed by atoms with Gasteiger partial charge in [0.15, 0.2) is 0 Å². The molecule has 2 aliphatic rings. The monoisotopic (exact) mass is 515 g/mol. The molecule has 1 N–H and O–H groups in total. The zero-order valence-electron chi connectivity index (χ0n) is 23.0. The van der Waals surface area contributed by atoms with Crippen LogP contribution < -0.4 is 5.69 Å². The summed E-state index contributed by atoms with van der Waals surface area (Å²) in [5.74, 6) is 1.66. The molecule has 3 unspecified atom stereocenters. The highest BCUT2D eigenvalue weighted by molar-refractivity contribution is 5.65. The molecule has 3 atom stereocenters. The zero-order chi connectivity index (χ0) is 26.5. The topological polar surface area (TPSA) is 93.8 Å². The molecule has 1 fully saturated rings. The quantitative estimate of drug-likeness (QED) is 0.360. The fraction of sp³-hybridized carbons (Fsp3) is 0.567. The van der Waals surface area contributed by atoms with Crippen LogP contribution in [0.15, 0.2) is 52.5 Å². The first-order valence-corrected chi connectivity index (χ1v) is 14.4. The fourth-order valence-corrected chi connectivity index (χ4v) is 6.44. The van der Waals surface area contributed by atoms with Gasteiger partial charge in [0, 0.05) is 47.9 Å². The fourth-order valence-electron chi connectivity index (χ4n) is 6.44. The van der Waals surface area contributed by atoms with E-state index in [1.54, 1.807) is 0 Å². The number of allylic oxidation sites excluding steroid dienone is 1. The summed E-state index contributed by atoms with van der Waals surface area (Å²) in [4.78, 5) is 18.7. The molecule has 1 aliphatic heterocycles. The molecule has 1 aromatic carbocycles. The number of rotatable bonds is 9. The van der Waals surface area contributed by atoms with E-state index in [0.717, 1.165) is 48.9 Å². The number of hydrogen-bond acceptors (Lipinski definition) is 5. The van der Waals surface area contributed by atoms with Crippen molar-refractivity contribution in [2.75, 3.05) is 0 Å². The van der Waals surface area contributed by atoms with E-state index >= 15 is 0 Å². The lowest BCUT2D eigenvalue weighted by molar-refractivity contribution is 0.233. The Balaban J connectivity index is 1.57. The highest BCUT2D eigenvalue weighted by Gasteiger charge is 2.35. The van der Waals surface area contributed by atoms with E-state index in [2.05, 4.69) is 79.9 Å². The number of nitrogens with zero attached hydrogens (tertiary/aromatic N) is 6. The van der Waals surface area contributed by atoms with Crippen LogP contribution in [-0.4, -0.2) is 36.0 Å². The summed E-state index contributed by atoms with van der Waals surface area (Å²) in [5, 5.41) is 14.6. The summed E-state index contributed by atoms with van der Waals surface area (Å²) in [6.07, 6.45) is 18.0. The van der Waals surface area contributed by atoms with Gasteiger partial charge in [0.2, 0.25) is 5.82 Å². The Bertz CT molecular complexity index is 1320. The van der Waals surface area contributed by atoms with Crippen LogP contribution in [0, 0.1) is 11.8 Å². The number of hydrogen-bond donors (Lipinski definition) is 1. The summed E-state index contributed by atoms with van der Waals surface area (Å²) in [5.41, 5.74) is 2.92. The second-order valence-corrected chi connectivity index (χ2v) is 11.4. The van der Waals surface area contributed by atoms with E-state index in [1.807, 2.05) is 24.5 Å². The molecule has 1 saturated carbocycles. The summed E-state index contributed by atoms with van der Waals surface area (Å²) >= 11 is 0. The van der Waals surface area contributed by atoms with Gasteiger partial charge in [-0.05, 0) is 60.8 Å². The maximum atomic E-state index is 14.3. The van der Waals surface area contributed by atoms with Crippen molar-refractivity contribution in [3.8, 4) is 11.4 Å². The van der Waals surface area contributed by atoms with Gasteiger partial charge < -0.3 is 0 Å². The normalized spacial score (nSPS) is 23.7. The molecule has 8 nitrogen and oxygen atoms in total. The second-order valence-electron chi connectivity index (χ2n) is 11.4. The average Bonchev–Trinajstić information content (AvgIpc) is 3.50. The molecule has 202 valence electrons. The van der Waals surface area contributed by atoms with Crippen LogP contribution in [0.2, 0.25) is 0 Å². The predicted molar refractivity (Wildman–Crippen MR) is 151 cm³/mol. The SMILES string of the molecule is CCCCc1cn(C2CCCCCC2C(C)C)c(=O)n1CC1(c2cccc(-c3nn[nH]n3)c2)C=CN=CC1. The Kier molecular flexibility index (Phi) is 8.05. The minimum absolute atomic E-state index is 0.137. The average molecular weight is 516 g/mol.